The predicted octanol–water partition coefficient (Wildman–Crippen LogP) is 2.84. The number of nitrogens with one attached hydrogen (secondary N) is 1. The summed E-state index contributed by atoms with van der Waals surface area (Å²) in [6, 6.07) is 5.57. The van der Waals surface area contributed by atoms with Crippen LogP contribution in [0.4, 0.5) is 0 Å². The van der Waals surface area contributed by atoms with Crippen LogP contribution in [0.5, 0.6) is 0 Å². The number of rotatable bonds is 7. The van der Waals surface area contributed by atoms with Gasteiger partial charge in [0.05, 0.1) is 17.6 Å². The first kappa shape index (κ1) is 14.5. The van der Waals surface area contributed by atoms with Crippen molar-refractivity contribution in [2.24, 2.45) is 0 Å². The van der Waals surface area contributed by atoms with Crippen LogP contribution in [0.3, 0.4) is 0 Å². The number of Topliss-reactive ketones (excluding diaryl/α,β-unsaturated/α-hetero) is 1. The molecule has 0 atom stereocenters. The lowest BCUT2D eigenvalue weighted by Crippen LogP contribution is -2.26. The molecule has 0 aliphatic carbocycles. The molecule has 2 heterocycles. The molecule has 0 unspecified atom stereocenters. The predicted molar refractivity (Wildman–Crippen MR) is 78.1 cm³/mol. The van der Waals surface area contributed by atoms with Gasteiger partial charge in [-0.2, -0.15) is 0 Å². The van der Waals surface area contributed by atoms with Gasteiger partial charge in [-0.1, -0.05) is 0 Å². The zero-order valence-corrected chi connectivity index (χ0v) is 12.2. The van der Waals surface area contributed by atoms with E-state index in [1.807, 2.05) is 17.5 Å². The highest BCUT2D eigenvalue weighted by Crippen LogP contribution is 2.15. The van der Waals surface area contributed by atoms with Gasteiger partial charge in [0.25, 0.3) is 0 Å². The fourth-order valence-electron chi connectivity index (χ4n) is 1.85. The maximum atomic E-state index is 11.7. The van der Waals surface area contributed by atoms with Crippen molar-refractivity contribution in [2.45, 2.75) is 26.2 Å². The molecule has 2 rings (SSSR count). The minimum absolute atomic E-state index is 0.0163. The Morgan fingerprint density at radius 1 is 1.40 bits per heavy atom. The molecule has 106 valence electrons. The van der Waals surface area contributed by atoms with Crippen molar-refractivity contribution in [3.05, 3.63) is 46.0 Å². The molecular weight excluding hydrogens is 274 g/mol. The summed E-state index contributed by atoms with van der Waals surface area (Å²) in [4.78, 5) is 23.6. The van der Waals surface area contributed by atoms with Gasteiger partial charge < -0.3 is 9.73 Å². The first-order valence-corrected chi connectivity index (χ1v) is 7.40. The second-order valence-corrected chi connectivity index (χ2v) is 5.50. The summed E-state index contributed by atoms with van der Waals surface area (Å²) in [5, 5.41) is 4.73. The number of carbonyl (C=O) groups is 2. The normalized spacial score (nSPS) is 10.4. The fourth-order valence-corrected chi connectivity index (χ4v) is 2.66. The average molecular weight is 291 g/mol. The largest absolute Gasteiger partial charge is 0.469 e. The van der Waals surface area contributed by atoms with E-state index in [4.69, 9.17) is 4.42 Å². The zero-order chi connectivity index (χ0) is 14.4. The third-order valence-electron chi connectivity index (χ3n) is 2.87. The van der Waals surface area contributed by atoms with Crippen LogP contribution >= 0.6 is 11.3 Å². The van der Waals surface area contributed by atoms with Crippen molar-refractivity contribution in [1.82, 2.24) is 5.32 Å². The Morgan fingerprint density at radius 3 is 2.90 bits per heavy atom. The lowest BCUT2D eigenvalue weighted by molar-refractivity contribution is -0.120. The van der Waals surface area contributed by atoms with E-state index in [2.05, 4.69) is 5.32 Å². The number of thiophene rings is 1. The number of furan rings is 1. The van der Waals surface area contributed by atoms with Crippen molar-refractivity contribution in [1.29, 1.82) is 0 Å². The zero-order valence-electron chi connectivity index (χ0n) is 11.3. The topological polar surface area (TPSA) is 59.3 Å². The number of hydrogen-bond acceptors (Lipinski definition) is 4. The van der Waals surface area contributed by atoms with Gasteiger partial charge in [-0.15, -0.1) is 11.3 Å². The molecule has 0 spiro atoms. The van der Waals surface area contributed by atoms with Gasteiger partial charge in [0.15, 0.2) is 5.78 Å². The molecule has 1 N–H and O–H groups in total. The molecule has 0 saturated carbocycles. The van der Waals surface area contributed by atoms with Crippen molar-refractivity contribution in [3.8, 4) is 0 Å². The molecular formula is C15H17NO3S. The van der Waals surface area contributed by atoms with E-state index in [0.717, 1.165) is 24.2 Å². The van der Waals surface area contributed by atoms with Gasteiger partial charge >= 0.3 is 0 Å². The van der Waals surface area contributed by atoms with Crippen LogP contribution in [0.2, 0.25) is 0 Å². The van der Waals surface area contributed by atoms with Gasteiger partial charge in [-0.05, 0) is 42.5 Å². The molecule has 0 fully saturated rings. The lowest BCUT2D eigenvalue weighted by atomic mass is 10.2. The van der Waals surface area contributed by atoms with Crippen LogP contribution in [0.1, 0.15) is 34.3 Å². The minimum Gasteiger partial charge on any atom is -0.469 e. The Balaban J connectivity index is 1.68. The van der Waals surface area contributed by atoms with E-state index in [0.29, 0.717) is 17.8 Å². The number of ketones is 1. The van der Waals surface area contributed by atoms with E-state index in [1.54, 1.807) is 12.3 Å². The second kappa shape index (κ2) is 7.05. The maximum Gasteiger partial charge on any atom is 0.224 e. The summed E-state index contributed by atoms with van der Waals surface area (Å²) >= 11 is 1.38. The van der Waals surface area contributed by atoms with Gasteiger partial charge in [0, 0.05) is 13.0 Å². The molecule has 20 heavy (non-hydrogen) atoms. The Bertz CT molecular complexity index is 572. The third kappa shape index (κ3) is 4.35. The molecule has 0 aliphatic heterocycles. The van der Waals surface area contributed by atoms with E-state index in [9.17, 15) is 9.59 Å². The summed E-state index contributed by atoms with van der Waals surface area (Å²) in [7, 11) is 0. The van der Waals surface area contributed by atoms with Crippen LogP contribution in [-0.2, 0) is 17.6 Å². The smallest absolute Gasteiger partial charge is 0.224 e. The maximum absolute atomic E-state index is 11.7. The van der Waals surface area contributed by atoms with Crippen LogP contribution < -0.4 is 5.32 Å². The molecule has 4 nitrogen and oxygen atoms in total. The van der Waals surface area contributed by atoms with E-state index in [-0.39, 0.29) is 11.7 Å². The summed E-state index contributed by atoms with van der Waals surface area (Å²) in [6.45, 7) is 2.16. The standard InChI is InChI=1S/C15H17NO3S/c1-11(17)14-8-12(10-20-14)9-15(18)16-6-2-4-13-5-3-7-19-13/h3,5,7-8,10H,2,4,6,9H2,1H3,(H,16,18). The lowest BCUT2D eigenvalue weighted by Gasteiger charge is -2.03. The Labute approximate surface area is 121 Å². The van der Waals surface area contributed by atoms with Crippen LogP contribution in [0.25, 0.3) is 0 Å². The summed E-state index contributed by atoms with van der Waals surface area (Å²) in [5.74, 6) is 0.959. The highest BCUT2D eigenvalue weighted by atomic mass is 32.1. The Morgan fingerprint density at radius 2 is 2.25 bits per heavy atom. The molecule has 2 aromatic rings. The van der Waals surface area contributed by atoms with Gasteiger partial charge in [-0.25, -0.2) is 0 Å². The molecule has 0 aromatic carbocycles. The molecule has 0 radical (unpaired) electrons. The summed E-state index contributed by atoms with van der Waals surface area (Å²) in [5.41, 5.74) is 0.892. The van der Waals surface area contributed by atoms with Crippen LogP contribution in [-0.4, -0.2) is 18.2 Å². The molecule has 5 heteroatoms. The minimum atomic E-state index is -0.0163. The Hall–Kier alpha value is -1.88. The van der Waals surface area contributed by atoms with Crippen molar-refractivity contribution >= 4 is 23.0 Å². The van der Waals surface area contributed by atoms with E-state index in [1.165, 1.54) is 18.3 Å². The Kier molecular flexibility index (Phi) is 5.12. The first-order valence-electron chi connectivity index (χ1n) is 6.52. The van der Waals surface area contributed by atoms with Gasteiger partial charge in [0.2, 0.25) is 5.91 Å². The SMILES string of the molecule is CC(=O)c1cc(CC(=O)NCCCc2ccco2)cs1. The van der Waals surface area contributed by atoms with Gasteiger partial charge in [0.1, 0.15) is 5.76 Å². The quantitative estimate of drug-likeness (QED) is 0.630. The fraction of sp³-hybridized carbons (Fsp3) is 0.333. The molecule has 1 amide bonds. The highest BCUT2D eigenvalue weighted by molar-refractivity contribution is 7.12. The highest BCUT2D eigenvalue weighted by Gasteiger charge is 2.08. The first-order chi connectivity index (χ1) is 9.65. The number of amides is 1. The monoisotopic (exact) mass is 291 g/mol. The number of hydrogen-bond donors (Lipinski definition) is 1. The van der Waals surface area contributed by atoms with Gasteiger partial charge in [-0.3, -0.25) is 9.59 Å². The average Bonchev–Trinajstić information content (AvgIpc) is 3.05. The summed E-state index contributed by atoms with van der Waals surface area (Å²) < 4.78 is 5.22. The number of carbonyl (C=O) groups excluding carboxylic acids is 2. The van der Waals surface area contributed by atoms with Crippen LogP contribution in [0.15, 0.2) is 34.3 Å². The number of aryl methyl sites for hydroxylation is 1. The van der Waals surface area contributed by atoms with E-state index >= 15 is 0 Å². The van der Waals surface area contributed by atoms with E-state index < -0.39 is 0 Å². The molecule has 2 aromatic heterocycles. The third-order valence-corrected chi connectivity index (χ3v) is 3.95. The van der Waals surface area contributed by atoms with Crippen molar-refractivity contribution in [2.75, 3.05) is 6.54 Å². The van der Waals surface area contributed by atoms with Crippen molar-refractivity contribution in [3.63, 3.8) is 0 Å². The molecule has 0 aliphatic rings. The van der Waals surface area contributed by atoms with Crippen molar-refractivity contribution < 1.29 is 14.0 Å². The molecule has 0 bridgehead atoms. The second-order valence-electron chi connectivity index (χ2n) is 4.59. The summed E-state index contributed by atoms with van der Waals surface area (Å²) in [6.07, 6.45) is 3.64. The van der Waals surface area contributed by atoms with Crippen LogP contribution in [0, 0.1) is 0 Å². The molecule has 0 saturated heterocycles.